The molecule has 1 aromatic carbocycles. The molecule has 0 spiro atoms. The molecule has 2 N–H and O–H groups in total. The van der Waals surface area contributed by atoms with Crippen LogP contribution in [-0.4, -0.2) is 13.1 Å². The van der Waals surface area contributed by atoms with Gasteiger partial charge in [-0.1, -0.05) is 12.1 Å². The number of halogens is 1. The lowest BCUT2D eigenvalue weighted by Crippen LogP contribution is -2.29. The van der Waals surface area contributed by atoms with Crippen molar-refractivity contribution in [2.75, 3.05) is 18.0 Å². The summed E-state index contributed by atoms with van der Waals surface area (Å²) in [7, 11) is 0. The molecule has 1 aliphatic heterocycles. The molecule has 1 atom stereocenters. The molecule has 0 aliphatic carbocycles. The van der Waals surface area contributed by atoms with Gasteiger partial charge < -0.3 is 10.6 Å². The summed E-state index contributed by atoms with van der Waals surface area (Å²) >= 11 is 0. The predicted molar refractivity (Wildman–Crippen MR) is 72.4 cm³/mol. The average Bonchev–Trinajstić information content (AvgIpc) is 2.30. The van der Waals surface area contributed by atoms with Crippen LogP contribution in [0.1, 0.15) is 37.8 Å². The minimum atomic E-state index is 0. The SMILES string of the molecule is C[C@@H](N)c1ccc(N2CCCCC2)cc1.Cl. The van der Waals surface area contributed by atoms with Crippen LogP contribution in [0.4, 0.5) is 5.69 Å². The lowest BCUT2D eigenvalue weighted by Gasteiger charge is -2.29. The molecule has 0 unspecified atom stereocenters. The van der Waals surface area contributed by atoms with E-state index >= 15 is 0 Å². The van der Waals surface area contributed by atoms with Crippen molar-refractivity contribution in [2.24, 2.45) is 5.73 Å². The number of piperidine rings is 1. The zero-order valence-corrected chi connectivity index (χ0v) is 10.7. The van der Waals surface area contributed by atoms with Gasteiger partial charge in [-0.25, -0.2) is 0 Å². The van der Waals surface area contributed by atoms with Gasteiger partial charge in [-0.2, -0.15) is 0 Å². The van der Waals surface area contributed by atoms with Crippen molar-refractivity contribution in [3.63, 3.8) is 0 Å². The van der Waals surface area contributed by atoms with Crippen LogP contribution >= 0.6 is 12.4 Å². The van der Waals surface area contributed by atoms with Gasteiger partial charge in [0, 0.05) is 24.8 Å². The minimum Gasteiger partial charge on any atom is -0.372 e. The first kappa shape index (κ1) is 13.3. The third kappa shape index (κ3) is 3.13. The van der Waals surface area contributed by atoms with E-state index in [0.717, 1.165) is 0 Å². The van der Waals surface area contributed by atoms with Crippen LogP contribution in [0.25, 0.3) is 0 Å². The Hall–Kier alpha value is -0.730. The molecule has 0 saturated carbocycles. The third-order valence-electron chi connectivity index (χ3n) is 3.14. The Morgan fingerprint density at radius 2 is 1.62 bits per heavy atom. The Labute approximate surface area is 104 Å². The van der Waals surface area contributed by atoms with Crippen LogP contribution in [0.15, 0.2) is 24.3 Å². The second-order valence-corrected chi connectivity index (χ2v) is 4.43. The van der Waals surface area contributed by atoms with Crippen molar-refractivity contribution in [3.8, 4) is 0 Å². The normalized spacial score (nSPS) is 17.8. The number of nitrogens with two attached hydrogens (primary N) is 1. The number of nitrogens with zero attached hydrogens (tertiary/aromatic N) is 1. The molecule has 0 amide bonds. The van der Waals surface area contributed by atoms with Crippen LogP contribution in [0, 0.1) is 0 Å². The Morgan fingerprint density at radius 3 is 2.12 bits per heavy atom. The maximum Gasteiger partial charge on any atom is 0.0366 e. The molecular formula is C13H21ClN2. The summed E-state index contributed by atoms with van der Waals surface area (Å²) in [6.07, 6.45) is 4.04. The summed E-state index contributed by atoms with van der Waals surface area (Å²) < 4.78 is 0. The fourth-order valence-corrected chi connectivity index (χ4v) is 2.14. The molecule has 0 radical (unpaired) electrons. The van der Waals surface area contributed by atoms with E-state index in [0.29, 0.717) is 0 Å². The van der Waals surface area contributed by atoms with Crippen molar-refractivity contribution >= 4 is 18.1 Å². The molecule has 1 heterocycles. The topological polar surface area (TPSA) is 29.3 Å². The van der Waals surface area contributed by atoms with Gasteiger partial charge in [-0.15, -0.1) is 12.4 Å². The molecule has 90 valence electrons. The third-order valence-corrected chi connectivity index (χ3v) is 3.14. The van der Waals surface area contributed by atoms with Crippen LogP contribution in [0.2, 0.25) is 0 Å². The molecule has 2 nitrogen and oxygen atoms in total. The number of anilines is 1. The fourth-order valence-electron chi connectivity index (χ4n) is 2.14. The van der Waals surface area contributed by atoms with E-state index in [2.05, 4.69) is 29.2 Å². The van der Waals surface area contributed by atoms with Gasteiger partial charge in [0.15, 0.2) is 0 Å². The molecule has 3 heteroatoms. The summed E-state index contributed by atoms with van der Waals surface area (Å²) in [5.41, 5.74) is 8.39. The monoisotopic (exact) mass is 240 g/mol. The predicted octanol–water partition coefficient (Wildman–Crippen LogP) is 3.12. The first-order valence-electron chi connectivity index (χ1n) is 5.88. The number of benzene rings is 1. The molecular weight excluding hydrogens is 220 g/mol. The second kappa shape index (κ2) is 6.12. The molecule has 1 aromatic rings. The molecule has 1 saturated heterocycles. The number of hydrogen-bond donors (Lipinski definition) is 1. The van der Waals surface area contributed by atoms with Gasteiger partial charge in [0.05, 0.1) is 0 Å². The van der Waals surface area contributed by atoms with Gasteiger partial charge >= 0.3 is 0 Å². The summed E-state index contributed by atoms with van der Waals surface area (Å²) in [6.45, 7) is 4.44. The summed E-state index contributed by atoms with van der Waals surface area (Å²) in [5, 5.41) is 0. The minimum absolute atomic E-state index is 0. The van der Waals surface area contributed by atoms with Crippen LogP contribution in [-0.2, 0) is 0 Å². The van der Waals surface area contributed by atoms with E-state index < -0.39 is 0 Å². The highest BCUT2D eigenvalue weighted by atomic mass is 35.5. The Balaban J connectivity index is 0.00000128. The lowest BCUT2D eigenvalue weighted by atomic mass is 10.1. The lowest BCUT2D eigenvalue weighted by molar-refractivity contribution is 0.578. The van der Waals surface area contributed by atoms with Crippen LogP contribution in [0.3, 0.4) is 0 Å². The maximum atomic E-state index is 5.83. The molecule has 16 heavy (non-hydrogen) atoms. The van der Waals surface area contributed by atoms with Crippen molar-refractivity contribution in [1.82, 2.24) is 0 Å². The van der Waals surface area contributed by atoms with Crippen molar-refractivity contribution in [1.29, 1.82) is 0 Å². The van der Waals surface area contributed by atoms with E-state index in [4.69, 9.17) is 5.73 Å². The number of rotatable bonds is 2. The molecule has 0 bridgehead atoms. The smallest absolute Gasteiger partial charge is 0.0366 e. The van der Waals surface area contributed by atoms with Crippen LogP contribution < -0.4 is 10.6 Å². The van der Waals surface area contributed by atoms with Crippen LogP contribution in [0.5, 0.6) is 0 Å². The summed E-state index contributed by atoms with van der Waals surface area (Å²) in [5.74, 6) is 0. The average molecular weight is 241 g/mol. The Morgan fingerprint density at radius 1 is 1.06 bits per heavy atom. The fraction of sp³-hybridized carbons (Fsp3) is 0.538. The van der Waals surface area contributed by atoms with Crippen molar-refractivity contribution < 1.29 is 0 Å². The van der Waals surface area contributed by atoms with E-state index in [-0.39, 0.29) is 18.4 Å². The van der Waals surface area contributed by atoms with Gasteiger partial charge in [-0.05, 0) is 43.9 Å². The first-order chi connectivity index (χ1) is 7.27. The summed E-state index contributed by atoms with van der Waals surface area (Å²) in [4.78, 5) is 2.47. The van der Waals surface area contributed by atoms with Gasteiger partial charge in [0.2, 0.25) is 0 Å². The zero-order valence-electron chi connectivity index (χ0n) is 9.86. The molecule has 2 rings (SSSR count). The zero-order chi connectivity index (χ0) is 10.7. The largest absolute Gasteiger partial charge is 0.372 e. The highest BCUT2D eigenvalue weighted by Crippen LogP contribution is 2.21. The second-order valence-electron chi connectivity index (χ2n) is 4.43. The molecule has 0 aromatic heterocycles. The Kier molecular flexibility index (Phi) is 5.10. The Bertz CT molecular complexity index is 302. The van der Waals surface area contributed by atoms with Gasteiger partial charge in [0.1, 0.15) is 0 Å². The van der Waals surface area contributed by atoms with Crippen molar-refractivity contribution in [2.45, 2.75) is 32.2 Å². The maximum absolute atomic E-state index is 5.83. The van der Waals surface area contributed by atoms with Crippen molar-refractivity contribution in [3.05, 3.63) is 29.8 Å². The highest BCUT2D eigenvalue weighted by molar-refractivity contribution is 5.85. The highest BCUT2D eigenvalue weighted by Gasteiger charge is 2.10. The first-order valence-corrected chi connectivity index (χ1v) is 5.88. The standard InChI is InChI=1S/C13H20N2.ClH/c1-11(14)12-5-7-13(8-6-12)15-9-3-2-4-10-15;/h5-8,11H,2-4,9-10,14H2,1H3;1H/t11-;/m1./s1. The van der Waals surface area contributed by atoms with Gasteiger partial charge in [-0.3, -0.25) is 0 Å². The van der Waals surface area contributed by atoms with Gasteiger partial charge in [0.25, 0.3) is 0 Å². The molecule has 1 fully saturated rings. The number of hydrogen-bond acceptors (Lipinski definition) is 2. The quantitative estimate of drug-likeness (QED) is 0.861. The van der Waals surface area contributed by atoms with E-state index in [1.54, 1.807) is 0 Å². The van der Waals surface area contributed by atoms with E-state index in [1.165, 1.54) is 43.6 Å². The van der Waals surface area contributed by atoms with E-state index in [1.807, 2.05) is 6.92 Å². The van der Waals surface area contributed by atoms with E-state index in [9.17, 15) is 0 Å². The summed E-state index contributed by atoms with van der Waals surface area (Å²) in [6, 6.07) is 8.83. The molecule has 1 aliphatic rings.